The molecular formula is C30H22ClF3N6O5. The number of aryl methyl sites for hydroxylation is 1. The Labute approximate surface area is 257 Å². The lowest BCUT2D eigenvalue weighted by molar-refractivity contribution is -0.192. The Balaban J connectivity index is 0.000000515. The van der Waals surface area contributed by atoms with E-state index < -0.39 is 18.1 Å². The van der Waals surface area contributed by atoms with Crippen molar-refractivity contribution in [1.82, 2.24) is 24.8 Å². The summed E-state index contributed by atoms with van der Waals surface area (Å²) < 4.78 is 35.1. The van der Waals surface area contributed by atoms with Gasteiger partial charge in [0.2, 0.25) is 0 Å². The molecule has 0 bridgehead atoms. The number of nitrogens with zero attached hydrogens (tertiary/aromatic N) is 6. The molecule has 2 aliphatic heterocycles. The van der Waals surface area contributed by atoms with Crippen LogP contribution in [0.2, 0.25) is 5.02 Å². The number of benzene rings is 2. The normalized spacial score (nSPS) is 15.7. The first kappa shape index (κ1) is 31.1. The van der Waals surface area contributed by atoms with Crippen LogP contribution in [0.4, 0.5) is 13.2 Å². The van der Waals surface area contributed by atoms with Crippen molar-refractivity contribution in [2.24, 2.45) is 4.99 Å². The molecule has 2 aromatic heterocycles. The van der Waals surface area contributed by atoms with Gasteiger partial charge >= 0.3 is 18.1 Å². The van der Waals surface area contributed by atoms with Gasteiger partial charge in [-0.25, -0.2) is 9.59 Å². The molecule has 0 fully saturated rings. The summed E-state index contributed by atoms with van der Waals surface area (Å²) in [6.07, 6.45) is 3.17. The fourth-order valence-corrected chi connectivity index (χ4v) is 5.25. The number of alkyl halides is 3. The molecule has 2 N–H and O–H groups in total. The van der Waals surface area contributed by atoms with E-state index in [2.05, 4.69) is 15.5 Å². The van der Waals surface area contributed by atoms with E-state index in [1.54, 1.807) is 22.9 Å². The van der Waals surface area contributed by atoms with Crippen LogP contribution in [-0.4, -0.2) is 58.8 Å². The van der Waals surface area contributed by atoms with Gasteiger partial charge in [-0.2, -0.15) is 17.9 Å². The van der Waals surface area contributed by atoms with Crippen LogP contribution in [0.25, 0.3) is 28.5 Å². The second kappa shape index (κ2) is 12.7. The number of hydrogen-bond acceptors (Lipinski definition) is 7. The fraction of sp³-hybridized carbons (Fsp3) is 0.167. The summed E-state index contributed by atoms with van der Waals surface area (Å²) in [5, 5.41) is 27.9. The molecule has 1 atom stereocenters. The molecule has 2 aromatic carbocycles. The Bertz CT molecular complexity index is 1920. The Morgan fingerprint density at radius 3 is 2.40 bits per heavy atom. The third kappa shape index (κ3) is 7.07. The summed E-state index contributed by atoms with van der Waals surface area (Å²) in [4.78, 5) is 37.8. The lowest BCUT2D eigenvalue weighted by atomic mass is 9.98. The van der Waals surface area contributed by atoms with Crippen LogP contribution in [0.3, 0.4) is 0 Å². The molecule has 0 spiro atoms. The summed E-state index contributed by atoms with van der Waals surface area (Å²) in [6, 6.07) is 16.7. The Kier molecular flexibility index (Phi) is 8.77. The quantitative estimate of drug-likeness (QED) is 0.272. The number of aliphatic carboxylic acids is 2. The van der Waals surface area contributed by atoms with Gasteiger partial charge in [-0.05, 0) is 75.9 Å². The minimum atomic E-state index is -5.08. The van der Waals surface area contributed by atoms with Gasteiger partial charge in [0.15, 0.2) is 0 Å². The zero-order valence-corrected chi connectivity index (χ0v) is 23.8. The summed E-state index contributed by atoms with van der Waals surface area (Å²) in [5.74, 6) is -3.74. The largest absolute Gasteiger partial charge is 0.490 e. The molecule has 2 aliphatic rings. The second-order valence-corrected chi connectivity index (χ2v) is 10.4. The zero-order valence-electron chi connectivity index (χ0n) is 23.0. The van der Waals surface area contributed by atoms with Gasteiger partial charge in [-0.1, -0.05) is 35.9 Å². The molecule has 0 radical (unpaired) electrons. The van der Waals surface area contributed by atoms with Crippen molar-refractivity contribution >= 4 is 40.9 Å². The van der Waals surface area contributed by atoms with Gasteiger partial charge in [-0.3, -0.25) is 9.79 Å². The van der Waals surface area contributed by atoms with E-state index in [0.29, 0.717) is 11.4 Å². The minimum Gasteiger partial charge on any atom is -0.478 e. The highest BCUT2D eigenvalue weighted by molar-refractivity contribution is 6.31. The maximum atomic E-state index is 13.4. The number of tetrazole rings is 1. The molecule has 6 rings (SSSR count). The third-order valence-electron chi connectivity index (χ3n) is 7.08. The molecule has 4 aromatic rings. The van der Waals surface area contributed by atoms with Crippen molar-refractivity contribution in [1.29, 1.82) is 0 Å². The van der Waals surface area contributed by atoms with E-state index in [4.69, 9.17) is 31.6 Å². The van der Waals surface area contributed by atoms with Crippen LogP contribution < -0.4 is 5.56 Å². The Morgan fingerprint density at radius 1 is 1.02 bits per heavy atom. The average molecular weight is 639 g/mol. The first-order valence-electron chi connectivity index (χ1n) is 13.3. The van der Waals surface area contributed by atoms with Gasteiger partial charge in [0.1, 0.15) is 6.33 Å². The van der Waals surface area contributed by atoms with Crippen LogP contribution in [0.1, 0.15) is 35.7 Å². The molecule has 0 unspecified atom stereocenters. The van der Waals surface area contributed by atoms with E-state index in [1.807, 2.05) is 53.2 Å². The van der Waals surface area contributed by atoms with E-state index in [0.717, 1.165) is 63.8 Å². The van der Waals surface area contributed by atoms with E-state index in [9.17, 15) is 22.8 Å². The number of pyridine rings is 1. The number of carboxylic acids is 2. The molecule has 230 valence electrons. The third-order valence-corrected chi connectivity index (χ3v) is 7.32. The molecule has 15 heteroatoms. The average Bonchev–Trinajstić information content (AvgIpc) is 3.77. The van der Waals surface area contributed by atoms with Crippen molar-refractivity contribution in [2.45, 2.75) is 31.5 Å². The van der Waals surface area contributed by atoms with Crippen LogP contribution in [-0.2, 0) is 16.0 Å². The Morgan fingerprint density at radius 2 is 1.76 bits per heavy atom. The highest BCUT2D eigenvalue weighted by Crippen LogP contribution is 2.36. The first-order valence-corrected chi connectivity index (χ1v) is 13.6. The van der Waals surface area contributed by atoms with Crippen LogP contribution in [0.15, 0.2) is 83.0 Å². The van der Waals surface area contributed by atoms with Crippen molar-refractivity contribution in [3.63, 3.8) is 0 Å². The second-order valence-electron chi connectivity index (χ2n) is 9.96. The number of carbonyl (C=O) groups is 2. The molecule has 11 nitrogen and oxygen atoms in total. The van der Waals surface area contributed by atoms with Crippen molar-refractivity contribution in [3.8, 4) is 16.8 Å². The van der Waals surface area contributed by atoms with Crippen LogP contribution in [0, 0.1) is 0 Å². The Hall–Kier alpha value is -5.37. The first-order chi connectivity index (χ1) is 21.4. The number of aromatic nitrogens is 5. The molecule has 0 aliphatic carbocycles. The molecular weight excluding hydrogens is 617 g/mol. The van der Waals surface area contributed by atoms with Crippen molar-refractivity contribution in [2.75, 3.05) is 0 Å². The predicted octanol–water partition coefficient (Wildman–Crippen LogP) is 5.25. The lowest BCUT2D eigenvalue weighted by Gasteiger charge is -2.17. The smallest absolute Gasteiger partial charge is 0.478 e. The molecule has 4 heterocycles. The number of rotatable bonds is 6. The van der Waals surface area contributed by atoms with E-state index in [-0.39, 0.29) is 11.6 Å². The van der Waals surface area contributed by atoms with Gasteiger partial charge in [0, 0.05) is 46.8 Å². The van der Waals surface area contributed by atoms with Gasteiger partial charge in [0.05, 0.1) is 11.7 Å². The molecule has 0 saturated heterocycles. The fourth-order valence-electron chi connectivity index (χ4n) is 5.08. The van der Waals surface area contributed by atoms with Crippen molar-refractivity contribution in [3.05, 3.63) is 105 Å². The molecule has 0 amide bonds. The number of halogens is 4. The maximum absolute atomic E-state index is 13.4. The van der Waals surface area contributed by atoms with Crippen molar-refractivity contribution < 1.29 is 33.0 Å². The number of hydrogen-bond donors (Lipinski definition) is 2. The SMILES string of the molecule is O=C(O)/C=C/c1ccc(C2=CN=C([C@@H]3CCc4cc(-c5cc(Cl)ccc5-n5cnnn5)cc(=O)n43)C2)cc1.O=C(O)C(F)(F)F. The molecule has 0 saturated carbocycles. The van der Waals surface area contributed by atoms with Gasteiger partial charge < -0.3 is 14.8 Å². The van der Waals surface area contributed by atoms with E-state index >= 15 is 0 Å². The highest BCUT2D eigenvalue weighted by Gasteiger charge is 2.38. The summed E-state index contributed by atoms with van der Waals surface area (Å²) in [7, 11) is 0. The minimum absolute atomic E-state index is 0.0895. The predicted molar refractivity (Wildman–Crippen MR) is 158 cm³/mol. The number of fused-ring (bicyclic) bond motifs is 1. The summed E-state index contributed by atoms with van der Waals surface area (Å²) in [5.41, 5.74) is 6.99. The maximum Gasteiger partial charge on any atom is 0.490 e. The molecule has 45 heavy (non-hydrogen) atoms. The summed E-state index contributed by atoms with van der Waals surface area (Å²) >= 11 is 6.30. The van der Waals surface area contributed by atoms with Gasteiger partial charge in [-0.15, -0.1) is 5.10 Å². The zero-order chi connectivity index (χ0) is 32.3. The van der Waals surface area contributed by atoms with Crippen LogP contribution >= 0.6 is 11.6 Å². The van der Waals surface area contributed by atoms with Gasteiger partial charge in [0.25, 0.3) is 5.56 Å². The number of aliphatic imine (C=N–C) groups is 1. The lowest BCUT2D eigenvalue weighted by Crippen LogP contribution is -2.27. The summed E-state index contributed by atoms with van der Waals surface area (Å²) in [6.45, 7) is 0. The van der Waals surface area contributed by atoms with E-state index in [1.165, 1.54) is 6.33 Å². The topological polar surface area (TPSA) is 153 Å². The van der Waals surface area contributed by atoms with Crippen LogP contribution in [0.5, 0.6) is 0 Å². The number of allylic oxidation sites excluding steroid dienone is 1. The highest BCUT2D eigenvalue weighted by atomic mass is 35.5. The monoisotopic (exact) mass is 638 g/mol. The standard InChI is InChI=1S/C28H21ClN6O3.C2HF3O2/c29-21-6-8-25(34-16-31-32-33-34)23(14-21)19-11-22-7-9-26(35(22)27(36)13-19)24-12-20(15-30-24)18-4-1-17(2-5-18)3-10-28(37)38;3-2(4,5)1(6)7/h1-6,8,10-11,13-16,26H,7,9,12H2,(H,37,38);(H,6,7)/b10-3+;/t26-;/m0./s1. The number of carboxylic acid groups (broad SMARTS) is 2.